The zero-order valence-electron chi connectivity index (χ0n) is 8.96. The minimum atomic E-state index is -2.85. The molecule has 0 aromatic carbocycles. The zero-order valence-corrected chi connectivity index (χ0v) is 10.6. The van der Waals surface area contributed by atoms with E-state index in [2.05, 4.69) is 4.98 Å². The van der Waals surface area contributed by atoms with Crippen molar-refractivity contribution in [2.24, 2.45) is 0 Å². The molecule has 0 spiro atoms. The molecule has 1 saturated heterocycles. The molecular weight excluding hydrogens is 248 g/mol. The van der Waals surface area contributed by atoms with Gasteiger partial charge in [0.15, 0.2) is 15.0 Å². The van der Waals surface area contributed by atoms with E-state index in [1.165, 1.54) is 11.3 Å². The van der Waals surface area contributed by atoms with E-state index in [9.17, 15) is 13.5 Å². The van der Waals surface area contributed by atoms with Gasteiger partial charge in [-0.2, -0.15) is 0 Å². The topological polar surface area (TPSA) is 70.5 Å². The van der Waals surface area contributed by atoms with Gasteiger partial charge in [0.05, 0.1) is 22.5 Å². The number of hydrogen-bond acceptors (Lipinski definition) is 6. The Labute approximate surface area is 98.7 Å². The predicted molar refractivity (Wildman–Crippen MR) is 63.6 cm³/mol. The van der Waals surface area contributed by atoms with Gasteiger partial charge >= 0.3 is 0 Å². The molecule has 1 unspecified atom stereocenters. The molecule has 0 saturated carbocycles. The molecule has 1 fully saturated rings. The van der Waals surface area contributed by atoms with Crippen molar-refractivity contribution in [2.45, 2.75) is 13.0 Å². The Morgan fingerprint density at radius 2 is 2.12 bits per heavy atom. The summed E-state index contributed by atoms with van der Waals surface area (Å²) in [5.74, 6) is 0.382. The molecule has 1 aliphatic rings. The molecule has 0 aliphatic carbocycles. The second-order valence-electron chi connectivity index (χ2n) is 3.86. The maximum absolute atomic E-state index is 11.3. The number of anilines is 1. The van der Waals surface area contributed by atoms with Gasteiger partial charge in [-0.15, -0.1) is 0 Å². The molecule has 0 bridgehead atoms. The zero-order chi connectivity index (χ0) is 11.8. The molecule has 16 heavy (non-hydrogen) atoms. The standard InChI is InChI=1S/C9H14N2O3S2/c1-7(12)8-6-10-9(15-8)11-2-4-16(13,14)5-3-11/h6-7,12H,2-5H2,1H3. The van der Waals surface area contributed by atoms with Crippen LogP contribution in [0.2, 0.25) is 0 Å². The highest BCUT2D eigenvalue weighted by atomic mass is 32.2. The number of nitrogens with zero attached hydrogens (tertiary/aromatic N) is 2. The van der Waals surface area contributed by atoms with E-state index >= 15 is 0 Å². The van der Waals surface area contributed by atoms with Crippen molar-refractivity contribution in [3.63, 3.8) is 0 Å². The third kappa shape index (κ3) is 2.53. The van der Waals surface area contributed by atoms with E-state index in [0.717, 1.165) is 10.0 Å². The summed E-state index contributed by atoms with van der Waals surface area (Å²) >= 11 is 1.42. The van der Waals surface area contributed by atoms with Crippen LogP contribution in [0, 0.1) is 0 Å². The molecule has 2 rings (SSSR count). The SMILES string of the molecule is CC(O)c1cnc(N2CCS(=O)(=O)CC2)s1. The highest BCUT2D eigenvalue weighted by molar-refractivity contribution is 7.91. The average molecular weight is 262 g/mol. The van der Waals surface area contributed by atoms with Crippen LogP contribution >= 0.6 is 11.3 Å². The average Bonchev–Trinajstić information content (AvgIpc) is 2.66. The maximum Gasteiger partial charge on any atom is 0.185 e. The number of thiazole rings is 1. The normalized spacial score (nSPS) is 22.0. The van der Waals surface area contributed by atoms with Gasteiger partial charge in [0, 0.05) is 19.3 Å². The molecule has 0 amide bonds. The van der Waals surface area contributed by atoms with E-state index in [0.29, 0.717) is 13.1 Å². The first kappa shape index (κ1) is 11.8. The number of aliphatic hydroxyl groups excluding tert-OH is 1. The monoisotopic (exact) mass is 262 g/mol. The third-order valence-electron chi connectivity index (χ3n) is 2.54. The lowest BCUT2D eigenvalue weighted by Gasteiger charge is -2.25. The van der Waals surface area contributed by atoms with Crippen LogP contribution in [0.25, 0.3) is 0 Å². The summed E-state index contributed by atoms with van der Waals surface area (Å²) in [5, 5.41) is 10.2. The molecule has 0 radical (unpaired) electrons. The summed E-state index contributed by atoms with van der Waals surface area (Å²) in [6.45, 7) is 2.68. The fraction of sp³-hybridized carbons (Fsp3) is 0.667. The first-order valence-electron chi connectivity index (χ1n) is 5.07. The highest BCUT2D eigenvalue weighted by Crippen LogP contribution is 2.27. The van der Waals surface area contributed by atoms with Crippen molar-refractivity contribution in [1.82, 2.24) is 4.98 Å². The van der Waals surface area contributed by atoms with Gasteiger partial charge in [0.1, 0.15) is 0 Å². The minimum absolute atomic E-state index is 0.191. The van der Waals surface area contributed by atoms with Gasteiger partial charge in [0.25, 0.3) is 0 Å². The van der Waals surface area contributed by atoms with E-state index in [4.69, 9.17) is 0 Å². The van der Waals surface area contributed by atoms with Crippen LogP contribution in [0.3, 0.4) is 0 Å². The van der Waals surface area contributed by atoms with Crippen molar-refractivity contribution in [2.75, 3.05) is 29.5 Å². The Balaban J connectivity index is 2.08. The molecule has 2 heterocycles. The van der Waals surface area contributed by atoms with Gasteiger partial charge in [-0.05, 0) is 6.92 Å². The van der Waals surface area contributed by atoms with Crippen molar-refractivity contribution in [1.29, 1.82) is 0 Å². The van der Waals surface area contributed by atoms with Crippen LogP contribution in [0.4, 0.5) is 5.13 Å². The predicted octanol–water partition coefficient (Wildman–Crippen LogP) is 0.431. The fourth-order valence-electron chi connectivity index (χ4n) is 1.52. The summed E-state index contributed by atoms with van der Waals surface area (Å²) < 4.78 is 22.5. The van der Waals surface area contributed by atoms with E-state index in [1.807, 2.05) is 4.90 Å². The molecule has 1 aliphatic heterocycles. The maximum atomic E-state index is 11.3. The molecule has 7 heteroatoms. The van der Waals surface area contributed by atoms with Crippen LogP contribution in [0.15, 0.2) is 6.20 Å². The van der Waals surface area contributed by atoms with E-state index < -0.39 is 15.9 Å². The second kappa shape index (κ2) is 4.31. The Hall–Kier alpha value is -0.660. The van der Waals surface area contributed by atoms with Crippen LogP contribution < -0.4 is 4.90 Å². The lowest BCUT2D eigenvalue weighted by molar-refractivity contribution is 0.203. The van der Waals surface area contributed by atoms with Crippen molar-refractivity contribution in [3.8, 4) is 0 Å². The summed E-state index contributed by atoms with van der Waals surface area (Å²) in [6.07, 6.45) is 1.13. The Kier molecular flexibility index (Phi) is 3.18. The van der Waals surface area contributed by atoms with Crippen LogP contribution in [0.5, 0.6) is 0 Å². The molecule has 5 nitrogen and oxygen atoms in total. The highest BCUT2D eigenvalue weighted by Gasteiger charge is 2.23. The van der Waals surface area contributed by atoms with Gasteiger partial charge < -0.3 is 10.0 Å². The quantitative estimate of drug-likeness (QED) is 0.837. The molecule has 1 aromatic rings. The van der Waals surface area contributed by atoms with Crippen molar-refractivity contribution in [3.05, 3.63) is 11.1 Å². The van der Waals surface area contributed by atoms with Gasteiger partial charge in [-0.3, -0.25) is 0 Å². The van der Waals surface area contributed by atoms with Gasteiger partial charge in [0.2, 0.25) is 0 Å². The fourth-order valence-corrected chi connectivity index (χ4v) is 3.63. The summed E-state index contributed by atoms with van der Waals surface area (Å²) in [5.41, 5.74) is 0. The number of aliphatic hydroxyl groups is 1. The number of sulfone groups is 1. The van der Waals surface area contributed by atoms with Gasteiger partial charge in [-0.1, -0.05) is 11.3 Å². The summed E-state index contributed by atoms with van der Waals surface area (Å²) in [7, 11) is -2.85. The van der Waals surface area contributed by atoms with E-state index in [1.54, 1.807) is 13.1 Å². The number of aromatic nitrogens is 1. The van der Waals surface area contributed by atoms with Crippen molar-refractivity contribution >= 4 is 26.3 Å². The van der Waals surface area contributed by atoms with Crippen LogP contribution in [0.1, 0.15) is 17.9 Å². The lowest BCUT2D eigenvalue weighted by atomic mass is 10.4. The van der Waals surface area contributed by atoms with E-state index in [-0.39, 0.29) is 11.5 Å². The first-order chi connectivity index (χ1) is 7.48. The summed E-state index contributed by atoms with van der Waals surface area (Å²) in [6, 6.07) is 0. The molecule has 1 atom stereocenters. The molecule has 1 N–H and O–H groups in total. The number of hydrogen-bond donors (Lipinski definition) is 1. The van der Waals surface area contributed by atoms with Crippen molar-refractivity contribution < 1.29 is 13.5 Å². The lowest BCUT2D eigenvalue weighted by Crippen LogP contribution is -2.40. The first-order valence-corrected chi connectivity index (χ1v) is 7.71. The largest absolute Gasteiger partial charge is 0.388 e. The Morgan fingerprint density at radius 1 is 1.50 bits per heavy atom. The molecular formula is C9H14N2O3S2. The summed E-state index contributed by atoms with van der Waals surface area (Å²) in [4.78, 5) is 6.96. The Morgan fingerprint density at radius 3 is 2.62 bits per heavy atom. The molecule has 90 valence electrons. The second-order valence-corrected chi connectivity index (χ2v) is 7.20. The van der Waals surface area contributed by atoms with Crippen LogP contribution in [-0.2, 0) is 9.84 Å². The van der Waals surface area contributed by atoms with Crippen LogP contribution in [-0.4, -0.2) is 43.1 Å². The number of rotatable bonds is 2. The smallest absolute Gasteiger partial charge is 0.185 e. The minimum Gasteiger partial charge on any atom is -0.388 e. The molecule has 1 aromatic heterocycles. The third-order valence-corrected chi connectivity index (χ3v) is 5.38. The Bertz CT molecular complexity index is 453. The van der Waals surface area contributed by atoms with Gasteiger partial charge in [-0.25, -0.2) is 13.4 Å².